The van der Waals surface area contributed by atoms with Crippen LogP contribution in [0.4, 0.5) is 0 Å². The molecule has 31 heavy (non-hydrogen) atoms. The predicted octanol–water partition coefficient (Wildman–Crippen LogP) is 4.44. The molecular formula is C23H29ClN2O5. The third-order valence-electron chi connectivity index (χ3n) is 5.54. The highest BCUT2D eigenvalue weighted by Crippen LogP contribution is 2.45. The molecule has 2 aromatic rings. The number of hydrogen-bond donors (Lipinski definition) is 1. The first-order valence-corrected chi connectivity index (χ1v) is 10.6. The Hall–Kier alpha value is -2.51. The van der Waals surface area contributed by atoms with Crippen molar-refractivity contribution in [3.8, 4) is 17.0 Å². The molecule has 1 aliphatic rings. The van der Waals surface area contributed by atoms with Crippen LogP contribution in [0.3, 0.4) is 0 Å². The van der Waals surface area contributed by atoms with E-state index in [-0.39, 0.29) is 22.4 Å². The zero-order valence-electron chi connectivity index (χ0n) is 18.6. The average molecular weight is 449 g/mol. The van der Waals surface area contributed by atoms with Crippen molar-refractivity contribution in [2.24, 2.45) is 10.6 Å². The van der Waals surface area contributed by atoms with Crippen LogP contribution in [0, 0.1) is 5.41 Å². The number of fused-ring (bicyclic) bond motifs is 3. The van der Waals surface area contributed by atoms with Gasteiger partial charge >= 0.3 is 5.97 Å². The molecule has 3 rings (SSSR count). The van der Waals surface area contributed by atoms with Crippen LogP contribution in [0.2, 0.25) is 5.02 Å². The molecule has 1 N–H and O–H groups in total. The lowest BCUT2D eigenvalue weighted by atomic mass is 9.79. The quantitative estimate of drug-likeness (QED) is 0.305. The van der Waals surface area contributed by atoms with Crippen LogP contribution in [0.15, 0.2) is 29.6 Å². The SMILES string of the molecule is COCCCOc1cc2c(cc1Cl)-c1cc(=NO)c(C(=O)OC)cn1C(C(C)(C)C)C2. The van der Waals surface area contributed by atoms with Gasteiger partial charge in [0, 0.05) is 37.9 Å². The second-order valence-corrected chi connectivity index (χ2v) is 9.08. The molecule has 0 radical (unpaired) electrons. The minimum Gasteiger partial charge on any atom is -0.492 e. The van der Waals surface area contributed by atoms with E-state index in [1.165, 1.54) is 7.11 Å². The lowest BCUT2D eigenvalue weighted by Crippen LogP contribution is -2.33. The second-order valence-electron chi connectivity index (χ2n) is 8.68. The molecule has 7 nitrogen and oxygen atoms in total. The van der Waals surface area contributed by atoms with E-state index in [0.29, 0.717) is 24.0 Å². The largest absolute Gasteiger partial charge is 0.492 e. The predicted molar refractivity (Wildman–Crippen MR) is 118 cm³/mol. The van der Waals surface area contributed by atoms with Crippen LogP contribution < -0.4 is 10.1 Å². The van der Waals surface area contributed by atoms with Gasteiger partial charge in [-0.05, 0) is 35.6 Å². The maximum atomic E-state index is 12.3. The lowest BCUT2D eigenvalue weighted by molar-refractivity contribution is 0.0595. The average Bonchev–Trinajstić information content (AvgIpc) is 2.74. The molecule has 1 aromatic carbocycles. The van der Waals surface area contributed by atoms with Crippen molar-refractivity contribution in [3.05, 3.63) is 45.9 Å². The van der Waals surface area contributed by atoms with Gasteiger partial charge < -0.3 is 24.0 Å². The minimum absolute atomic E-state index is 0.0497. The third-order valence-corrected chi connectivity index (χ3v) is 5.84. The smallest absolute Gasteiger partial charge is 0.341 e. The molecule has 1 unspecified atom stereocenters. The molecule has 1 atom stereocenters. The van der Waals surface area contributed by atoms with Crippen molar-refractivity contribution in [1.29, 1.82) is 0 Å². The third kappa shape index (κ3) is 4.72. The summed E-state index contributed by atoms with van der Waals surface area (Å²) in [5.74, 6) is 0.0790. The van der Waals surface area contributed by atoms with E-state index < -0.39 is 5.97 Å². The summed E-state index contributed by atoms with van der Waals surface area (Å²) in [6.45, 7) is 7.59. The summed E-state index contributed by atoms with van der Waals surface area (Å²) in [6, 6.07) is 5.59. The van der Waals surface area contributed by atoms with Gasteiger partial charge in [-0.3, -0.25) is 0 Å². The van der Waals surface area contributed by atoms with E-state index >= 15 is 0 Å². The topological polar surface area (TPSA) is 82.3 Å². The number of rotatable bonds is 6. The summed E-state index contributed by atoms with van der Waals surface area (Å²) < 4.78 is 17.9. The van der Waals surface area contributed by atoms with Gasteiger partial charge in [-0.1, -0.05) is 37.5 Å². The summed E-state index contributed by atoms with van der Waals surface area (Å²) in [5.41, 5.74) is 2.91. The Morgan fingerprint density at radius 2 is 2.00 bits per heavy atom. The van der Waals surface area contributed by atoms with Crippen molar-refractivity contribution in [2.45, 2.75) is 39.7 Å². The highest BCUT2D eigenvalue weighted by atomic mass is 35.5. The molecule has 0 amide bonds. The standard InChI is InChI=1S/C23H29ClN2O5/c1-23(2,3)21-10-14-9-20(31-8-6-7-29-4)17(24)11-15(14)19-12-18(25-28)16(13-26(19)21)22(27)30-5/h9,11-13,21,28H,6-8,10H2,1-5H3. The summed E-state index contributed by atoms with van der Waals surface area (Å²) in [4.78, 5) is 12.3. The van der Waals surface area contributed by atoms with Crippen LogP contribution in [-0.2, 0) is 15.9 Å². The number of ether oxygens (including phenoxy) is 3. The van der Waals surface area contributed by atoms with Crippen molar-refractivity contribution in [1.82, 2.24) is 4.57 Å². The second kappa shape index (κ2) is 9.32. The molecule has 0 saturated heterocycles. The number of carbonyl (C=O) groups is 1. The Bertz CT molecular complexity index is 1040. The maximum absolute atomic E-state index is 12.3. The van der Waals surface area contributed by atoms with Gasteiger partial charge in [0.25, 0.3) is 0 Å². The van der Waals surface area contributed by atoms with Crippen LogP contribution in [0.25, 0.3) is 11.3 Å². The minimum atomic E-state index is -0.556. The van der Waals surface area contributed by atoms with Crippen molar-refractivity contribution >= 4 is 17.6 Å². The fourth-order valence-corrected chi connectivity index (χ4v) is 4.13. The summed E-state index contributed by atoms with van der Waals surface area (Å²) >= 11 is 6.53. The molecule has 1 aliphatic heterocycles. The van der Waals surface area contributed by atoms with Gasteiger partial charge in [-0.2, -0.15) is 0 Å². The number of methoxy groups -OCH3 is 2. The number of pyridine rings is 1. The first-order valence-electron chi connectivity index (χ1n) is 10.2. The van der Waals surface area contributed by atoms with E-state index in [1.807, 2.05) is 12.1 Å². The molecule has 0 fully saturated rings. The molecule has 0 spiro atoms. The number of hydrogen-bond acceptors (Lipinski definition) is 6. The van der Waals surface area contributed by atoms with Crippen molar-refractivity contribution in [2.75, 3.05) is 27.4 Å². The Balaban J connectivity index is 2.15. The number of carbonyl (C=O) groups excluding carboxylic acids is 1. The Labute approximate surface area is 187 Å². The number of benzene rings is 1. The highest BCUT2D eigenvalue weighted by Gasteiger charge is 2.34. The summed E-state index contributed by atoms with van der Waals surface area (Å²) in [7, 11) is 2.96. The number of halogens is 1. The molecule has 0 aliphatic carbocycles. The molecule has 0 saturated carbocycles. The molecule has 2 heterocycles. The van der Waals surface area contributed by atoms with Crippen LogP contribution in [0.5, 0.6) is 5.75 Å². The molecule has 168 valence electrons. The lowest BCUT2D eigenvalue weighted by Gasteiger charge is -2.39. The summed E-state index contributed by atoms with van der Waals surface area (Å²) in [6.07, 6.45) is 3.21. The molecule has 8 heteroatoms. The molecule has 1 aromatic heterocycles. The zero-order valence-corrected chi connectivity index (χ0v) is 19.3. The Morgan fingerprint density at radius 1 is 1.26 bits per heavy atom. The van der Waals surface area contributed by atoms with Crippen LogP contribution >= 0.6 is 11.6 Å². The monoisotopic (exact) mass is 448 g/mol. The van der Waals surface area contributed by atoms with E-state index in [9.17, 15) is 10.0 Å². The van der Waals surface area contributed by atoms with E-state index in [0.717, 1.165) is 29.7 Å². The van der Waals surface area contributed by atoms with Gasteiger partial charge in [-0.25, -0.2) is 4.79 Å². The van der Waals surface area contributed by atoms with E-state index in [4.69, 9.17) is 25.8 Å². The number of esters is 1. The maximum Gasteiger partial charge on any atom is 0.341 e. The first-order chi connectivity index (χ1) is 14.7. The fourth-order valence-electron chi connectivity index (χ4n) is 3.91. The normalized spacial score (nSPS) is 15.9. The van der Waals surface area contributed by atoms with Crippen molar-refractivity contribution < 1.29 is 24.2 Å². The van der Waals surface area contributed by atoms with Gasteiger partial charge in [0.15, 0.2) is 0 Å². The summed E-state index contributed by atoms with van der Waals surface area (Å²) in [5, 5.41) is 13.5. The van der Waals surface area contributed by atoms with E-state index in [1.54, 1.807) is 19.4 Å². The zero-order chi connectivity index (χ0) is 22.8. The Morgan fingerprint density at radius 3 is 2.61 bits per heavy atom. The highest BCUT2D eigenvalue weighted by molar-refractivity contribution is 6.32. The molecular weight excluding hydrogens is 420 g/mol. The fraction of sp³-hybridized carbons (Fsp3) is 0.478. The Kier molecular flexibility index (Phi) is 6.96. The van der Waals surface area contributed by atoms with Gasteiger partial charge in [0.1, 0.15) is 16.7 Å². The molecule has 0 bridgehead atoms. The van der Waals surface area contributed by atoms with Crippen molar-refractivity contribution in [3.63, 3.8) is 0 Å². The van der Waals surface area contributed by atoms with Crippen LogP contribution in [0.1, 0.15) is 49.2 Å². The number of nitrogens with zero attached hydrogens (tertiary/aromatic N) is 2. The van der Waals surface area contributed by atoms with Gasteiger partial charge in [-0.15, -0.1) is 0 Å². The number of aromatic nitrogens is 1. The van der Waals surface area contributed by atoms with Gasteiger partial charge in [0.05, 0.1) is 24.4 Å². The van der Waals surface area contributed by atoms with E-state index in [2.05, 4.69) is 30.5 Å². The van der Waals surface area contributed by atoms with Crippen LogP contribution in [-0.4, -0.2) is 43.2 Å². The van der Waals surface area contributed by atoms with Gasteiger partial charge in [0.2, 0.25) is 0 Å². The first kappa shape index (κ1) is 23.2.